The Morgan fingerprint density at radius 3 is 2.25 bits per heavy atom. The third kappa shape index (κ3) is 4.41. The standard InChI is InChI=1S/C20H12BrF4N3O3S/c21-28(19-26-18-16(20(23,24)25)2-1-3-17(18)31-19)14-8-6-13(7-9-14)27-32(29,30)15-10-4-12(22)5-11-15/h1-11,27H. The highest BCUT2D eigenvalue weighted by atomic mass is 79.9. The van der Waals surface area contributed by atoms with Crippen LogP contribution in [0.15, 0.2) is 76.0 Å². The number of nitrogens with zero attached hydrogens (tertiary/aromatic N) is 2. The van der Waals surface area contributed by atoms with Crippen LogP contribution in [-0.4, -0.2) is 13.4 Å². The molecule has 0 amide bonds. The van der Waals surface area contributed by atoms with Gasteiger partial charge in [0.1, 0.15) is 11.3 Å². The van der Waals surface area contributed by atoms with Gasteiger partial charge < -0.3 is 4.42 Å². The van der Waals surface area contributed by atoms with E-state index in [4.69, 9.17) is 4.42 Å². The number of hydrogen-bond donors (Lipinski definition) is 1. The molecule has 166 valence electrons. The van der Waals surface area contributed by atoms with Crippen LogP contribution in [0.1, 0.15) is 5.56 Å². The number of fused-ring (bicyclic) bond motifs is 1. The molecule has 0 fully saturated rings. The largest absolute Gasteiger partial charge is 0.423 e. The van der Waals surface area contributed by atoms with Gasteiger partial charge in [0.15, 0.2) is 5.58 Å². The van der Waals surface area contributed by atoms with Crippen LogP contribution in [0.5, 0.6) is 0 Å². The van der Waals surface area contributed by atoms with Gasteiger partial charge in [-0.1, -0.05) is 6.07 Å². The molecule has 0 saturated carbocycles. The minimum Gasteiger partial charge on any atom is -0.423 e. The molecule has 3 aromatic carbocycles. The second kappa shape index (κ2) is 8.10. The summed E-state index contributed by atoms with van der Waals surface area (Å²) < 4.78 is 86.4. The summed E-state index contributed by atoms with van der Waals surface area (Å²) in [7, 11) is -3.93. The summed E-state index contributed by atoms with van der Waals surface area (Å²) in [5, 5.41) is 0. The topological polar surface area (TPSA) is 75.4 Å². The second-order valence-electron chi connectivity index (χ2n) is 6.53. The van der Waals surface area contributed by atoms with Crippen molar-refractivity contribution in [2.24, 2.45) is 0 Å². The summed E-state index contributed by atoms with van der Waals surface area (Å²) in [6.45, 7) is 0. The zero-order chi connectivity index (χ0) is 23.1. The third-order valence-corrected chi connectivity index (χ3v) is 6.46. The first-order valence-electron chi connectivity index (χ1n) is 8.86. The number of aromatic nitrogens is 1. The molecule has 4 aromatic rings. The summed E-state index contributed by atoms with van der Waals surface area (Å²) in [6.07, 6.45) is -4.59. The molecule has 6 nitrogen and oxygen atoms in total. The second-order valence-corrected chi connectivity index (χ2v) is 8.93. The molecule has 0 unspecified atom stereocenters. The zero-order valence-corrected chi connectivity index (χ0v) is 18.2. The highest BCUT2D eigenvalue weighted by Crippen LogP contribution is 2.38. The first-order valence-corrected chi connectivity index (χ1v) is 11.0. The van der Waals surface area contributed by atoms with Crippen molar-refractivity contribution in [2.45, 2.75) is 11.1 Å². The van der Waals surface area contributed by atoms with Crippen LogP contribution in [0, 0.1) is 5.82 Å². The van der Waals surface area contributed by atoms with E-state index >= 15 is 0 Å². The Kier molecular flexibility index (Phi) is 5.59. The number of sulfonamides is 1. The molecule has 4 rings (SSSR count). The Balaban J connectivity index is 1.57. The molecule has 0 bridgehead atoms. The maximum absolute atomic E-state index is 13.2. The molecule has 12 heteroatoms. The van der Waals surface area contributed by atoms with Gasteiger partial charge in [-0.25, -0.2) is 16.7 Å². The molecule has 0 atom stereocenters. The van der Waals surface area contributed by atoms with E-state index in [-0.39, 0.29) is 27.7 Å². The fourth-order valence-electron chi connectivity index (χ4n) is 2.85. The van der Waals surface area contributed by atoms with Crippen molar-refractivity contribution < 1.29 is 30.4 Å². The van der Waals surface area contributed by atoms with Gasteiger partial charge in [0, 0.05) is 5.69 Å². The van der Waals surface area contributed by atoms with Crippen molar-refractivity contribution in [3.63, 3.8) is 0 Å². The van der Waals surface area contributed by atoms with Crippen molar-refractivity contribution in [2.75, 3.05) is 8.65 Å². The first-order chi connectivity index (χ1) is 15.0. The Labute approximate surface area is 187 Å². The van der Waals surface area contributed by atoms with E-state index in [0.717, 1.165) is 30.3 Å². The van der Waals surface area contributed by atoms with E-state index < -0.39 is 27.6 Å². The number of oxazole rings is 1. The molecule has 0 aliphatic carbocycles. The van der Waals surface area contributed by atoms with Gasteiger partial charge in [0.2, 0.25) is 0 Å². The molecule has 0 aliphatic heterocycles. The molecule has 32 heavy (non-hydrogen) atoms. The zero-order valence-electron chi connectivity index (χ0n) is 15.8. The number of halogens is 5. The molecule has 0 radical (unpaired) electrons. The molecular weight excluding hydrogens is 518 g/mol. The minimum atomic E-state index is -4.59. The average Bonchev–Trinajstić information content (AvgIpc) is 3.17. The van der Waals surface area contributed by atoms with Crippen molar-refractivity contribution in [3.05, 3.63) is 78.1 Å². The van der Waals surface area contributed by atoms with Gasteiger partial charge in [0.05, 0.1) is 32.3 Å². The fourth-order valence-corrected chi connectivity index (χ4v) is 4.29. The lowest BCUT2D eigenvalue weighted by Gasteiger charge is -2.13. The van der Waals surface area contributed by atoms with E-state index in [9.17, 15) is 26.0 Å². The number of hydrogen-bond acceptors (Lipinski definition) is 5. The number of anilines is 3. The van der Waals surface area contributed by atoms with Gasteiger partial charge in [-0.15, -0.1) is 0 Å². The van der Waals surface area contributed by atoms with Gasteiger partial charge in [-0.05, 0) is 60.7 Å². The van der Waals surface area contributed by atoms with E-state index in [1.54, 1.807) is 0 Å². The number of benzene rings is 3. The predicted molar refractivity (Wildman–Crippen MR) is 114 cm³/mol. The van der Waals surface area contributed by atoms with E-state index in [1.165, 1.54) is 40.3 Å². The van der Waals surface area contributed by atoms with Crippen LogP contribution in [0.2, 0.25) is 0 Å². The van der Waals surface area contributed by atoms with E-state index in [0.29, 0.717) is 5.69 Å². The summed E-state index contributed by atoms with van der Waals surface area (Å²) in [5.41, 5.74) is -0.659. The summed E-state index contributed by atoms with van der Waals surface area (Å²) in [6, 6.07) is 13.6. The molecule has 0 aliphatic rings. The van der Waals surface area contributed by atoms with Crippen LogP contribution < -0.4 is 8.65 Å². The van der Waals surface area contributed by atoms with Crippen LogP contribution in [0.4, 0.5) is 35.0 Å². The maximum atomic E-state index is 13.2. The lowest BCUT2D eigenvalue weighted by atomic mass is 10.2. The smallest absolute Gasteiger partial charge is 0.418 e. The van der Waals surface area contributed by atoms with E-state index in [2.05, 4.69) is 25.9 Å². The summed E-state index contributed by atoms with van der Waals surface area (Å²) in [5.74, 6) is -0.563. The maximum Gasteiger partial charge on any atom is 0.418 e. The van der Waals surface area contributed by atoms with Gasteiger partial charge in [-0.3, -0.25) is 4.72 Å². The Bertz CT molecular complexity index is 1370. The monoisotopic (exact) mass is 529 g/mol. The Morgan fingerprint density at radius 2 is 1.62 bits per heavy atom. The quantitative estimate of drug-likeness (QED) is 0.245. The number of rotatable bonds is 5. The summed E-state index contributed by atoms with van der Waals surface area (Å²) in [4.78, 5) is 3.82. The fraction of sp³-hybridized carbons (Fsp3) is 0.0500. The van der Waals surface area contributed by atoms with Crippen molar-refractivity contribution in [3.8, 4) is 0 Å². The van der Waals surface area contributed by atoms with E-state index in [1.807, 2.05) is 0 Å². The number of alkyl halides is 3. The van der Waals surface area contributed by atoms with Gasteiger partial charge in [-0.2, -0.15) is 18.2 Å². The van der Waals surface area contributed by atoms with Crippen LogP contribution in [0.25, 0.3) is 11.1 Å². The van der Waals surface area contributed by atoms with Crippen LogP contribution in [-0.2, 0) is 16.2 Å². The van der Waals surface area contributed by atoms with Crippen molar-refractivity contribution in [1.29, 1.82) is 0 Å². The molecule has 1 aromatic heterocycles. The number of nitrogens with one attached hydrogen (secondary N) is 1. The highest BCUT2D eigenvalue weighted by Gasteiger charge is 2.34. The molecule has 0 spiro atoms. The highest BCUT2D eigenvalue weighted by molar-refractivity contribution is 9.10. The van der Waals surface area contributed by atoms with Gasteiger partial charge >= 0.3 is 12.2 Å². The molecule has 1 heterocycles. The molecule has 0 saturated heterocycles. The molecule has 1 N–H and O–H groups in total. The Hall–Kier alpha value is -3.12. The van der Waals surface area contributed by atoms with Crippen LogP contribution >= 0.6 is 16.1 Å². The lowest BCUT2D eigenvalue weighted by molar-refractivity contribution is -0.136. The lowest BCUT2D eigenvalue weighted by Crippen LogP contribution is -2.13. The predicted octanol–water partition coefficient (Wildman–Crippen LogP) is 6.23. The van der Waals surface area contributed by atoms with Gasteiger partial charge in [0.25, 0.3) is 10.0 Å². The first kappa shape index (κ1) is 22.1. The molecular formula is C20H12BrF4N3O3S. The minimum absolute atomic E-state index is 0.0389. The van der Waals surface area contributed by atoms with Crippen molar-refractivity contribution >= 4 is 54.7 Å². The Morgan fingerprint density at radius 1 is 0.969 bits per heavy atom. The summed E-state index contributed by atoms with van der Waals surface area (Å²) >= 11 is 3.20. The number of para-hydroxylation sites is 1. The SMILES string of the molecule is O=S(=O)(Nc1ccc(N(Br)c2nc3c(C(F)(F)F)cccc3o2)cc1)c1ccc(F)cc1. The average molecular weight is 530 g/mol. The van der Waals surface area contributed by atoms with Crippen molar-refractivity contribution in [1.82, 2.24) is 4.98 Å². The normalized spacial score (nSPS) is 12.2. The third-order valence-electron chi connectivity index (χ3n) is 4.35. The van der Waals surface area contributed by atoms with Crippen LogP contribution in [0.3, 0.4) is 0 Å².